The number of amides is 2. The van der Waals surface area contributed by atoms with Crippen LogP contribution in [0.25, 0.3) is 0 Å². The predicted octanol–water partition coefficient (Wildman–Crippen LogP) is 1.11. The average Bonchev–Trinajstić information content (AvgIpc) is 2.36. The molecule has 0 fully saturated rings. The second kappa shape index (κ2) is 6.76. The third-order valence-corrected chi connectivity index (χ3v) is 2.38. The van der Waals surface area contributed by atoms with Gasteiger partial charge in [0.05, 0.1) is 17.3 Å². The van der Waals surface area contributed by atoms with Crippen LogP contribution in [0.5, 0.6) is 0 Å². The standard InChI is InChI=1S/C13H19N3O2/c1-3-8-15-13(18)10-6-4-5-7-11(10)16-12(17)9(2)14/h4-7,9H,3,8,14H2,1-2H3,(H,15,18)(H,16,17)/t9-/m0/s1. The maximum Gasteiger partial charge on any atom is 0.253 e. The highest BCUT2D eigenvalue weighted by molar-refractivity contribution is 6.04. The SMILES string of the molecule is CCCNC(=O)c1ccccc1NC(=O)[C@H](C)N. The van der Waals surface area contributed by atoms with E-state index in [2.05, 4.69) is 10.6 Å². The van der Waals surface area contributed by atoms with Gasteiger partial charge in [-0.2, -0.15) is 0 Å². The van der Waals surface area contributed by atoms with Crippen molar-refractivity contribution in [2.75, 3.05) is 11.9 Å². The molecule has 1 atom stereocenters. The third-order valence-electron chi connectivity index (χ3n) is 2.38. The lowest BCUT2D eigenvalue weighted by Gasteiger charge is -2.12. The van der Waals surface area contributed by atoms with Crippen molar-refractivity contribution in [3.8, 4) is 0 Å². The zero-order chi connectivity index (χ0) is 13.5. The number of hydrogen-bond acceptors (Lipinski definition) is 3. The Morgan fingerprint density at radius 1 is 1.33 bits per heavy atom. The lowest BCUT2D eigenvalue weighted by atomic mass is 10.1. The zero-order valence-electron chi connectivity index (χ0n) is 10.7. The van der Waals surface area contributed by atoms with E-state index in [1.54, 1.807) is 31.2 Å². The van der Waals surface area contributed by atoms with Gasteiger partial charge in [-0.15, -0.1) is 0 Å². The van der Waals surface area contributed by atoms with E-state index >= 15 is 0 Å². The van der Waals surface area contributed by atoms with Crippen LogP contribution in [0.1, 0.15) is 30.6 Å². The Balaban J connectivity index is 2.85. The first-order chi connectivity index (χ1) is 8.56. The summed E-state index contributed by atoms with van der Waals surface area (Å²) in [7, 11) is 0. The van der Waals surface area contributed by atoms with Gasteiger partial charge in [0.25, 0.3) is 5.91 Å². The minimum Gasteiger partial charge on any atom is -0.352 e. The van der Waals surface area contributed by atoms with Gasteiger partial charge in [0.2, 0.25) is 5.91 Å². The fraction of sp³-hybridized carbons (Fsp3) is 0.385. The maximum atomic E-state index is 11.9. The fourth-order valence-electron chi connectivity index (χ4n) is 1.37. The minimum absolute atomic E-state index is 0.197. The van der Waals surface area contributed by atoms with Gasteiger partial charge < -0.3 is 16.4 Å². The van der Waals surface area contributed by atoms with Crippen molar-refractivity contribution in [3.05, 3.63) is 29.8 Å². The Morgan fingerprint density at radius 2 is 2.00 bits per heavy atom. The Labute approximate surface area is 107 Å². The molecule has 0 radical (unpaired) electrons. The van der Waals surface area contributed by atoms with Gasteiger partial charge in [-0.25, -0.2) is 0 Å². The molecule has 0 aliphatic carbocycles. The van der Waals surface area contributed by atoms with Crippen LogP contribution < -0.4 is 16.4 Å². The Kier molecular flexibility index (Phi) is 5.32. The van der Waals surface area contributed by atoms with Crippen molar-refractivity contribution >= 4 is 17.5 Å². The van der Waals surface area contributed by atoms with E-state index in [0.29, 0.717) is 17.8 Å². The minimum atomic E-state index is -0.614. The molecule has 0 saturated heterocycles. The zero-order valence-corrected chi connectivity index (χ0v) is 10.7. The molecule has 1 aromatic carbocycles. The smallest absolute Gasteiger partial charge is 0.253 e. The van der Waals surface area contributed by atoms with Crippen molar-refractivity contribution in [2.45, 2.75) is 26.3 Å². The van der Waals surface area contributed by atoms with E-state index in [1.807, 2.05) is 6.92 Å². The first-order valence-electron chi connectivity index (χ1n) is 6.00. The molecule has 5 heteroatoms. The summed E-state index contributed by atoms with van der Waals surface area (Å²) in [6, 6.07) is 6.25. The molecule has 2 amide bonds. The highest BCUT2D eigenvalue weighted by atomic mass is 16.2. The monoisotopic (exact) mass is 249 g/mol. The number of hydrogen-bond donors (Lipinski definition) is 3. The molecule has 4 N–H and O–H groups in total. The van der Waals surface area contributed by atoms with Gasteiger partial charge in [-0.3, -0.25) is 9.59 Å². The van der Waals surface area contributed by atoms with Crippen LogP contribution >= 0.6 is 0 Å². The van der Waals surface area contributed by atoms with Crippen molar-refractivity contribution in [1.82, 2.24) is 5.32 Å². The molecule has 0 bridgehead atoms. The molecule has 0 unspecified atom stereocenters. The summed E-state index contributed by atoms with van der Waals surface area (Å²) in [6.07, 6.45) is 0.861. The van der Waals surface area contributed by atoms with Crippen molar-refractivity contribution < 1.29 is 9.59 Å². The molecule has 0 saturated carbocycles. The molecule has 0 heterocycles. The summed E-state index contributed by atoms with van der Waals surface area (Å²) in [5.74, 6) is -0.511. The van der Waals surface area contributed by atoms with Crippen LogP contribution in [0, 0.1) is 0 Å². The highest BCUT2D eigenvalue weighted by Gasteiger charge is 2.14. The first kappa shape index (κ1) is 14.2. The lowest BCUT2D eigenvalue weighted by Crippen LogP contribution is -2.33. The van der Waals surface area contributed by atoms with Crippen LogP contribution in [0.2, 0.25) is 0 Å². The predicted molar refractivity (Wildman–Crippen MR) is 71.3 cm³/mol. The van der Waals surface area contributed by atoms with E-state index < -0.39 is 6.04 Å². The van der Waals surface area contributed by atoms with Gasteiger partial charge in [0, 0.05) is 6.54 Å². The van der Waals surface area contributed by atoms with E-state index in [4.69, 9.17) is 5.73 Å². The molecule has 5 nitrogen and oxygen atoms in total. The fourth-order valence-corrected chi connectivity index (χ4v) is 1.37. The summed E-state index contributed by atoms with van der Waals surface area (Å²) in [5.41, 5.74) is 6.40. The van der Waals surface area contributed by atoms with E-state index in [1.165, 1.54) is 0 Å². The largest absolute Gasteiger partial charge is 0.352 e. The number of nitrogens with one attached hydrogen (secondary N) is 2. The molecular formula is C13H19N3O2. The Hall–Kier alpha value is -1.88. The van der Waals surface area contributed by atoms with Crippen LogP contribution in [-0.2, 0) is 4.79 Å². The molecule has 0 spiro atoms. The van der Waals surface area contributed by atoms with Gasteiger partial charge in [-0.05, 0) is 25.5 Å². The van der Waals surface area contributed by atoms with E-state index in [0.717, 1.165) is 6.42 Å². The summed E-state index contributed by atoms with van der Waals surface area (Å²) in [4.78, 5) is 23.4. The van der Waals surface area contributed by atoms with Gasteiger partial charge >= 0.3 is 0 Å². The van der Waals surface area contributed by atoms with Crippen LogP contribution in [0.3, 0.4) is 0 Å². The average molecular weight is 249 g/mol. The highest BCUT2D eigenvalue weighted by Crippen LogP contribution is 2.15. The van der Waals surface area contributed by atoms with Crippen LogP contribution in [-0.4, -0.2) is 24.4 Å². The number of carbonyl (C=O) groups is 2. The number of rotatable bonds is 5. The quantitative estimate of drug-likeness (QED) is 0.731. The maximum absolute atomic E-state index is 11.9. The van der Waals surface area contributed by atoms with Crippen molar-refractivity contribution in [1.29, 1.82) is 0 Å². The Morgan fingerprint density at radius 3 is 2.61 bits per heavy atom. The number of anilines is 1. The molecule has 98 valence electrons. The number of para-hydroxylation sites is 1. The van der Waals surface area contributed by atoms with E-state index in [-0.39, 0.29) is 11.8 Å². The van der Waals surface area contributed by atoms with Gasteiger partial charge in [0.1, 0.15) is 0 Å². The molecule has 0 aliphatic heterocycles. The molecular weight excluding hydrogens is 230 g/mol. The number of nitrogens with two attached hydrogens (primary N) is 1. The lowest BCUT2D eigenvalue weighted by molar-refractivity contribution is -0.117. The molecule has 0 aromatic heterocycles. The first-order valence-corrected chi connectivity index (χ1v) is 6.00. The van der Waals surface area contributed by atoms with Crippen LogP contribution in [0.15, 0.2) is 24.3 Å². The number of carbonyl (C=O) groups excluding carboxylic acids is 2. The van der Waals surface area contributed by atoms with Crippen molar-refractivity contribution in [2.24, 2.45) is 5.73 Å². The van der Waals surface area contributed by atoms with Crippen LogP contribution in [0.4, 0.5) is 5.69 Å². The van der Waals surface area contributed by atoms with Crippen molar-refractivity contribution in [3.63, 3.8) is 0 Å². The topological polar surface area (TPSA) is 84.2 Å². The second-order valence-corrected chi connectivity index (χ2v) is 4.08. The van der Waals surface area contributed by atoms with Gasteiger partial charge in [-0.1, -0.05) is 19.1 Å². The molecule has 0 aliphatic rings. The summed E-state index contributed by atoms with van der Waals surface area (Å²) in [6.45, 7) is 4.17. The van der Waals surface area contributed by atoms with Gasteiger partial charge in [0.15, 0.2) is 0 Å². The number of benzene rings is 1. The Bertz CT molecular complexity index is 430. The molecule has 1 rings (SSSR count). The summed E-state index contributed by atoms with van der Waals surface area (Å²) in [5, 5.41) is 5.41. The third kappa shape index (κ3) is 3.85. The summed E-state index contributed by atoms with van der Waals surface area (Å²) >= 11 is 0. The molecule has 18 heavy (non-hydrogen) atoms. The molecule has 1 aromatic rings. The van der Waals surface area contributed by atoms with E-state index in [9.17, 15) is 9.59 Å². The normalized spacial score (nSPS) is 11.7. The second-order valence-electron chi connectivity index (χ2n) is 4.08. The summed E-state index contributed by atoms with van der Waals surface area (Å²) < 4.78 is 0.